The van der Waals surface area contributed by atoms with Gasteiger partial charge >= 0.3 is 0 Å². The fraction of sp³-hybridized carbons (Fsp3) is 0.357. The highest BCUT2D eigenvalue weighted by molar-refractivity contribution is 7.80. The van der Waals surface area contributed by atoms with Crippen molar-refractivity contribution in [3.63, 3.8) is 0 Å². The van der Waals surface area contributed by atoms with Gasteiger partial charge in [0.15, 0.2) is 0 Å². The van der Waals surface area contributed by atoms with Crippen molar-refractivity contribution in [1.82, 2.24) is 15.0 Å². The zero-order valence-electron chi connectivity index (χ0n) is 11.3. The molecule has 0 amide bonds. The minimum Gasteiger partial charge on any atom is -0.368 e. The molecule has 0 bridgehead atoms. The molecule has 6 heteroatoms. The van der Waals surface area contributed by atoms with Crippen LogP contribution in [0.15, 0.2) is 23.1 Å². The topological polar surface area (TPSA) is 76.7 Å². The summed E-state index contributed by atoms with van der Waals surface area (Å²) in [5.74, 6) is 1.90. The Morgan fingerprint density at radius 3 is 3.00 bits per heavy atom. The van der Waals surface area contributed by atoms with Crippen LogP contribution in [0.3, 0.4) is 0 Å². The lowest BCUT2D eigenvalue weighted by molar-refractivity contribution is 0.703. The Bertz CT molecular complexity index is 623. The molecule has 1 atom stereocenters. The number of hydrogen-bond acceptors (Lipinski definition) is 6. The van der Waals surface area contributed by atoms with Gasteiger partial charge in [0.1, 0.15) is 5.82 Å². The molecule has 0 saturated carbocycles. The summed E-state index contributed by atoms with van der Waals surface area (Å²) in [5.41, 5.74) is 8.42. The second kappa shape index (κ2) is 5.28. The fourth-order valence-corrected chi connectivity index (χ4v) is 2.90. The van der Waals surface area contributed by atoms with E-state index in [2.05, 4.69) is 45.0 Å². The van der Waals surface area contributed by atoms with Crippen LogP contribution in [-0.2, 0) is 6.42 Å². The molecular formula is C14H17N5S. The molecule has 20 heavy (non-hydrogen) atoms. The van der Waals surface area contributed by atoms with Crippen molar-refractivity contribution >= 4 is 24.5 Å². The summed E-state index contributed by atoms with van der Waals surface area (Å²) in [6.45, 7) is 2.61. The molecule has 0 aliphatic heterocycles. The van der Waals surface area contributed by atoms with Gasteiger partial charge in [-0.15, -0.1) is 12.6 Å². The fourth-order valence-electron chi connectivity index (χ4n) is 2.68. The summed E-state index contributed by atoms with van der Waals surface area (Å²) in [5, 5.41) is 3.26. The predicted octanol–water partition coefficient (Wildman–Crippen LogP) is 2.19. The lowest BCUT2D eigenvalue weighted by Crippen LogP contribution is -2.14. The van der Waals surface area contributed by atoms with E-state index < -0.39 is 0 Å². The van der Waals surface area contributed by atoms with Gasteiger partial charge in [-0.3, -0.25) is 0 Å². The zero-order valence-corrected chi connectivity index (χ0v) is 12.2. The molecule has 0 spiro atoms. The second-order valence-corrected chi connectivity index (χ2v) is 5.58. The highest BCUT2D eigenvalue weighted by Gasteiger charge is 2.22. The van der Waals surface area contributed by atoms with Crippen LogP contribution in [-0.4, -0.2) is 21.5 Å². The van der Waals surface area contributed by atoms with E-state index in [1.165, 1.54) is 11.1 Å². The van der Waals surface area contributed by atoms with E-state index in [-0.39, 0.29) is 5.95 Å². The number of benzene rings is 1. The van der Waals surface area contributed by atoms with Crippen LogP contribution < -0.4 is 11.1 Å². The summed E-state index contributed by atoms with van der Waals surface area (Å²) in [6.07, 6.45) is 2.26. The van der Waals surface area contributed by atoms with Gasteiger partial charge in [0.2, 0.25) is 11.9 Å². The summed E-state index contributed by atoms with van der Waals surface area (Å²) in [7, 11) is 0. The number of nitrogens with one attached hydrogen (secondary N) is 1. The number of nitrogens with two attached hydrogens (primary N) is 1. The summed E-state index contributed by atoms with van der Waals surface area (Å²) in [6, 6.07) is 6.38. The largest absolute Gasteiger partial charge is 0.368 e. The van der Waals surface area contributed by atoms with E-state index in [1.54, 1.807) is 6.92 Å². The first-order valence-electron chi connectivity index (χ1n) is 6.65. The Labute approximate surface area is 123 Å². The van der Waals surface area contributed by atoms with E-state index in [1.807, 2.05) is 6.07 Å². The molecule has 1 aromatic heterocycles. The van der Waals surface area contributed by atoms with Crippen LogP contribution in [0.2, 0.25) is 0 Å². The molecule has 0 radical (unpaired) electrons. The van der Waals surface area contributed by atoms with Crippen molar-refractivity contribution in [3.8, 4) is 0 Å². The maximum Gasteiger partial charge on any atom is 0.227 e. The van der Waals surface area contributed by atoms with Crippen molar-refractivity contribution in [2.75, 3.05) is 17.6 Å². The monoisotopic (exact) mass is 287 g/mol. The second-order valence-electron chi connectivity index (χ2n) is 5.06. The molecule has 3 rings (SSSR count). The van der Waals surface area contributed by atoms with Gasteiger partial charge in [0, 0.05) is 17.4 Å². The van der Waals surface area contributed by atoms with Crippen LogP contribution in [0.1, 0.15) is 29.3 Å². The van der Waals surface area contributed by atoms with Gasteiger partial charge in [0.05, 0.1) is 0 Å². The number of thiol groups is 1. The molecular weight excluding hydrogens is 270 g/mol. The molecule has 1 aliphatic carbocycles. The average molecular weight is 287 g/mol. The Hall–Kier alpha value is -1.82. The van der Waals surface area contributed by atoms with Gasteiger partial charge in [-0.05, 0) is 43.0 Å². The normalized spacial score (nSPS) is 17.0. The molecule has 0 fully saturated rings. The van der Waals surface area contributed by atoms with Gasteiger partial charge < -0.3 is 11.1 Å². The molecule has 104 valence electrons. The third-order valence-corrected chi connectivity index (χ3v) is 3.88. The van der Waals surface area contributed by atoms with Crippen LogP contribution in [0.4, 0.5) is 11.9 Å². The lowest BCUT2D eigenvalue weighted by Gasteiger charge is -2.13. The number of fused-ring (bicyclic) bond motifs is 1. The molecule has 1 unspecified atom stereocenters. The van der Waals surface area contributed by atoms with E-state index in [4.69, 9.17) is 5.73 Å². The quantitative estimate of drug-likeness (QED) is 0.754. The molecule has 3 N–H and O–H groups in total. The average Bonchev–Trinajstić information content (AvgIpc) is 2.77. The van der Waals surface area contributed by atoms with Crippen molar-refractivity contribution in [3.05, 3.63) is 35.2 Å². The Morgan fingerprint density at radius 1 is 1.35 bits per heavy atom. The summed E-state index contributed by atoms with van der Waals surface area (Å²) >= 11 is 4.42. The first-order valence-corrected chi connectivity index (χ1v) is 7.10. The highest BCUT2D eigenvalue weighted by Crippen LogP contribution is 2.34. The zero-order chi connectivity index (χ0) is 14.1. The molecule has 1 heterocycles. The number of hydrogen-bond donors (Lipinski definition) is 3. The molecule has 5 nitrogen and oxygen atoms in total. The van der Waals surface area contributed by atoms with Crippen LogP contribution in [0.5, 0.6) is 0 Å². The first-order chi connectivity index (χ1) is 9.61. The van der Waals surface area contributed by atoms with Crippen molar-refractivity contribution in [1.29, 1.82) is 0 Å². The third-order valence-electron chi connectivity index (χ3n) is 3.60. The first kappa shape index (κ1) is 13.2. The molecule has 1 aromatic carbocycles. The van der Waals surface area contributed by atoms with Crippen molar-refractivity contribution in [2.45, 2.75) is 30.6 Å². The number of aromatic nitrogens is 3. The van der Waals surface area contributed by atoms with Gasteiger partial charge in [0.25, 0.3) is 0 Å². The van der Waals surface area contributed by atoms with Crippen LogP contribution in [0.25, 0.3) is 0 Å². The number of anilines is 2. The standard InChI is InChI=1S/C14H17N5S/c1-8-17-13(15)19-14(18-8)16-7-10-3-2-9-4-5-11(20)6-12(9)10/h4-6,10,20H,2-3,7H2,1H3,(H3,15,16,17,18,19). The number of aryl methyl sites for hydroxylation is 2. The Balaban J connectivity index is 1.73. The minimum atomic E-state index is 0.254. The smallest absolute Gasteiger partial charge is 0.227 e. The molecule has 2 aromatic rings. The van der Waals surface area contributed by atoms with Gasteiger partial charge in [-0.2, -0.15) is 15.0 Å². The SMILES string of the molecule is Cc1nc(N)nc(NCC2CCc3ccc(S)cc32)n1. The predicted molar refractivity (Wildman–Crippen MR) is 82.2 cm³/mol. The Morgan fingerprint density at radius 2 is 2.20 bits per heavy atom. The van der Waals surface area contributed by atoms with Gasteiger partial charge in [-0.25, -0.2) is 0 Å². The maximum absolute atomic E-state index is 5.63. The number of nitrogen functional groups attached to an aromatic ring is 1. The van der Waals surface area contributed by atoms with E-state index in [0.717, 1.165) is 24.3 Å². The molecule has 1 aliphatic rings. The van der Waals surface area contributed by atoms with E-state index in [0.29, 0.717) is 17.7 Å². The minimum absolute atomic E-state index is 0.254. The maximum atomic E-state index is 5.63. The Kier molecular flexibility index (Phi) is 3.48. The van der Waals surface area contributed by atoms with Crippen molar-refractivity contribution < 1.29 is 0 Å². The third kappa shape index (κ3) is 2.70. The summed E-state index contributed by atoms with van der Waals surface area (Å²) < 4.78 is 0. The van der Waals surface area contributed by atoms with Crippen LogP contribution >= 0.6 is 12.6 Å². The summed E-state index contributed by atoms with van der Waals surface area (Å²) in [4.78, 5) is 13.3. The van der Waals surface area contributed by atoms with E-state index >= 15 is 0 Å². The molecule has 0 saturated heterocycles. The van der Waals surface area contributed by atoms with Crippen LogP contribution in [0, 0.1) is 6.92 Å². The van der Waals surface area contributed by atoms with Gasteiger partial charge in [-0.1, -0.05) is 6.07 Å². The number of nitrogens with zero attached hydrogens (tertiary/aromatic N) is 3. The van der Waals surface area contributed by atoms with E-state index in [9.17, 15) is 0 Å². The lowest BCUT2D eigenvalue weighted by atomic mass is 10.0. The number of rotatable bonds is 3. The van der Waals surface area contributed by atoms with Crippen molar-refractivity contribution in [2.24, 2.45) is 0 Å². The highest BCUT2D eigenvalue weighted by atomic mass is 32.1.